The third-order valence-corrected chi connectivity index (χ3v) is 6.91. The van der Waals surface area contributed by atoms with E-state index < -0.39 is 17.4 Å². The molecule has 0 bridgehead atoms. The van der Waals surface area contributed by atoms with Crippen LogP contribution in [0.5, 0.6) is 5.75 Å². The standard InChI is InChI=1S/C26H29ClFNO4/c1-26(13-18-7-9-21(27)22(28)11-18)14-20-12-19(8-10-23(20)33-26)25(32)29(16-24(30)31)15-17-5-3-2-4-6-17/h7-12,17H,2-6,13-16H2,1H3,(H,30,31)/t26-/m0/s1. The summed E-state index contributed by atoms with van der Waals surface area (Å²) in [7, 11) is 0. The molecule has 1 amide bonds. The SMILES string of the molecule is C[C@]1(Cc2ccc(Cl)c(F)c2)Cc2cc(C(=O)N(CC(=O)O)CC3CCCCC3)ccc2O1. The maximum atomic E-state index is 13.9. The summed E-state index contributed by atoms with van der Waals surface area (Å²) in [6.45, 7) is 2.13. The lowest BCUT2D eigenvalue weighted by Gasteiger charge is -2.29. The van der Waals surface area contributed by atoms with Crippen LogP contribution in [0.3, 0.4) is 0 Å². The van der Waals surface area contributed by atoms with Crippen LogP contribution in [0, 0.1) is 11.7 Å². The molecule has 2 aromatic rings. The van der Waals surface area contributed by atoms with Gasteiger partial charge in [0.05, 0.1) is 5.02 Å². The number of carbonyl (C=O) groups is 2. The Morgan fingerprint density at radius 1 is 1.18 bits per heavy atom. The van der Waals surface area contributed by atoms with Gasteiger partial charge in [-0.05, 0) is 67.1 Å². The number of benzene rings is 2. The lowest BCUT2D eigenvalue weighted by atomic mass is 9.88. The first-order chi connectivity index (χ1) is 15.7. The molecular formula is C26H29ClFNO4. The number of hydrogen-bond donors (Lipinski definition) is 1. The Hall–Kier alpha value is -2.60. The number of aliphatic carboxylic acids is 1. The molecule has 0 spiro atoms. The fraction of sp³-hybridized carbons (Fsp3) is 0.462. The smallest absolute Gasteiger partial charge is 0.323 e. The number of rotatable bonds is 7. The van der Waals surface area contributed by atoms with Crippen molar-refractivity contribution in [2.24, 2.45) is 5.92 Å². The van der Waals surface area contributed by atoms with Crippen molar-refractivity contribution in [2.75, 3.05) is 13.1 Å². The van der Waals surface area contributed by atoms with Crippen LogP contribution < -0.4 is 4.74 Å². The first-order valence-corrected chi connectivity index (χ1v) is 11.9. The van der Waals surface area contributed by atoms with Crippen LogP contribution in [0.1, 0.15) is 60.5 Å². The fourth-order valence-electron chi connectivity index (χ4n) is 5.08. The molecule has 1 N–H and O–H groups in total. The van der Waals surface area contributed by atoms with Gasteiger partial charge in [0.15, 0.2) is 0 Å². The summed E-state index contributed by atoms with van der Waals surface area (Å²) in [4.78, 5) is 26.1. The van der Waals surface area contributed by atoms with E-state index in [-0.39, 0.29) is 17.5 Å². The molecule has 0 aromatic heterocycles. The average Bonchev–Trinajstić information content (AvgIpc) is 3.10. The van der Waals surface area contributed by atoms with Gasteiger partial charge in [0, 0.05) is 24.9 Å². The molecule has 7 heteroatoms. The first kappa shape index (κ1) is 23.6. The zero-order valence-electron chi connectivity index (χ0n) is 18.8. The van der Waals surface area contributed by atoms with E-state index in [1.54, 1.807) is 24.3 Å². The Kier molecular flexibility index (Phi) is 6.94. The molecular weight excluding hydrogens is 445 g/mol. The summed E-state index contributed by atoms with van der Waals surface area (Å²) in [6, 6.07) is 10.0. The first-order valence-electron chi connectivity index (χ1n) is 11.5. The molecule has 1 aliphatic carbocycles. The van der Waals surface area contributed by atoms with Crippen molar-refractivity contribution in [2.45, 2.75) is 57.5 Å². The normalized spacial score (nSPS) is 20.2. The van der Waals surface area contributed by atoms with Gasteiger partial charge in [-0.3, -0.25) is 9.59 Å². The van der Waals surface area contributed by atoms with Crippen molar-refractivity contribution in [1.29, 1.82) is 0 Å². The van der Waals surface area contributed by atoms with Crippen molar-refractivity contribution >= 4 is 23.5 Å². The third-order valence-electron chi connectivity index (χ3n) is 6.61. The fourth-order valence-corrected chi connectivity index (χ4v) is 5.20. The number of carboxylic acids is 1. The summed E-state index contributed by atoms with van der Waals surface area (Å²) in [5, 5.41) is 9.45. The Morgan fingerprint density at radius 3 is 2.64 bits per heavy atom. The number of hydrogen-bond acceptors (Lipinski definition) is 3. The van der Waals surface area contributed by atoms with Gasteiger partial charge in [0.2, 0.25) is 0 Å². The predicted molar refractivity (Wildman–Crippen MR) is 124 cm³/mol. The number of nitrogens with zero attached hydrogens (tertiary/aromatic N) is 1. The quantitative estimate of drug-likeness (QED) is 0.574. The number of halogens is 2. The van der Waals surface area contributed by atoms with Gasteiger partial charge >= 0.3 is 5.97 Å². The summed E-state index contributed by atoms with van der Waals surface area (Å²) in [6.07, 6.45) is 6.59. The molecule has 2 aromatic carbocycles. The Balaban J connectivity index is 1.49. The summed E-state index contributed by atoms with van der Waals surface area (Å²) < 4.78 is 20.0. The van der Waals surface area contributed by atoms with Crippen molar-refractivity contribution in [3.8, 4) is 5.75 Å². The lowest BCUT2D eigenvalue weighted by molar-refractivity contribution is -0.137. The molecule has 1 aliphatic heterocycles. The lowest BCUT2D eigenvalue weighted by Crippen LogP contribution is -2.39. The second-order valence-electron chi connectivity index (χ2n) is 9.56. The molecule has 1 fully saturated rings. The molecule has 176 valence electrons. The van der Waals surface area contributed by atoms with E-state index in [2.05, 4.69) is 0 Å². The van der Waals surface area contributed by atoms with E-state index in [9.17, 15) is 19.1 Å². The maximum absolute atomic E-state index is 13.9. The summed E-state index contributed by atoms with van der Waals surface area (Å²) in [5.41, 5.74) is 1.57. The van der Waals surface area contributed by atoms with Gasteiger partial charge in [-0.25, -0.2) is 4.39 Å². The van der Waals surface area contributed by atoms with E-state index >= 15 is 0 Å². The zero-order valence-corrected chi connectivity index (χ0v) is 19.5. The van der Waals surface area contributed by atoms with E-state index in [1.165, 1.54) is 23.5 Å². The van der Waals surface area contributed by atoms with Crippen LogP contribution in [0.25, 0.3) is 0 Å². The highest BCUT2D eigenvalue weighted by Gasteiger charge is 2.36. The van der Waals surface area contributed by atoms with E-state index in [0.29, 0.717) is 36.6 Å². The predicted octanol–water partition coefficient (Wildman–Crippen LogP) is 5.52. The van der Waals surface area contributed by atoms with Crippen LogP contribution >= 0.6 is 11.6 Å². The van der Waals surface area contributed by atoms with Crippen LogP contribution in [0.15, 0.2) is 36.4 Å². The number of carboxylic acid groups (broad SMARTS) is 1. The topological polar surface area (TPSA) is 66.8 Å². The second kappa shape index (κ2) is 9.72. The van der Waals surface area contributed by atoms with E-state index in [4.69, 9.17) is 16.3 Å². The van der Waals surface area contributed by atoms with Gasteiger partial charge in [-0.2, -0.15) is 0 Å². The number of ether oxygens (including phenoxy) is 1. The van der Waals surface area contributed by atoms with Crippen LogP contribution in [0.2, 0.25) is 5.02 Å². The minimum atomic E-state index is -1.01. The minimum Gasteiger partial charge on any atom is -0.487 e. The average molecular weight is 474 g/mol. The molecule has 1 heterocycles. The molecule has 5 nitrogen and oxygen atoms in total. The number of carbonyl (C=O) groups excluding carboxylic acids is 1. The van der Waals surface area contributed by atoms with Crippen LogP contribution in [-0.4, -0.2) is 40.6 Å². The molecule has 0 radical (unpaired) electrons. The maximum Gasteiger partial charge on any atom is 0.323 e. The molecule has 33 heavy (non-hydrogen) atoms. The van der Waals surface area contributed by atoms with Gasteiger partial charge in [0.25, 0.3) is 5.91 Å². The molecule has 4 rings (SSSR count). The molecule has 1 saturated carbocycles. The highest BCUT2D eigenvalue weighted by atomic mass is 35.5. The monoisotopic (exact) mass is 473 g/mol. The third kappa shape index (κ3) is 5.67. The van der Waals surface area contributed by atoms with Crippen molar-refractivity contribution < 1.29 is 23.8 Å². The Bertz CT molecular complexity index is 1050. The summed E-state index contributed by atoms with van der Waals surface area (Å²) >= 11 is 5.79. The minimum absolute atomic E-state index is 0.0850. The molecule has 2 aliphatic rings. The van der Waals surface area contributed by atoms with Gasteiger partial charge in [-0.1, -0.05) is 36.9 Å². The van der Waals surface area contributed by atoms with Gasteiger partial charge in [0.1, 0.15) is 23.7 Å². The van der Waals surface area contributed by atoms with Crippen molar-refractivity contribution in [3.63, 3.8) is 0 Å². The largest absolute Gasteiger partial charge is 0.487 e. The highest BCUT2D eigenvalue weighted by molar-refractivity contribution is 6.30. The Morgan fingerprint density at radius 2 is 1.94 bits per heavy atom. The number of fused-ring (bicyclic) bond motifs is 1. The number of amides is 1. The molecule has 1 atom stereocenters. The van der Waals surface area contributed by atoms with Crippen LogP contribution in [0.4, 0.5) is 4.39 Å². The van der Waals surface area contributed by atoms with Gasteiger partial charge in [-0.15, -0.1) is 0 Å². The zero-order chi connectivity index (χ0) is 23.6. The highest BCUT2D eigenvalue weighted by Crippen LogP contribution is 2.38. The van der Waals surface area contributed by atoms with Crippen molar-refractivity contribution in [3.05, 3.63) is 63.9 Å². The second-order valence-corrected chi connectivity index (χ2v) is 9.97. The molecule has 0 unspecified atom stereocenters. The van der Waals surface area contributed by atoms with Gasteiger partial charge < -0.3 is 14.7 Å². The van der Waals surface area contributed by atoms with Crippen LogP contribution in [-0.2, 0) is 17.6 Å². The van der Waals surface area contributed by atoms with E-state index in [1.807, 2.05) is 6.92 Å². The Labute approximate surface area is 198 Å². The van der Waals surface area contributed by atoms with Crippen molar-refractivity contribution in [1.82, 2.24) is 4.90 Å². The summed E-state index contributed by atoms with van der Waals surface area (Å²) in [5.74, 6) is -0.688. The van der Waals surface area contributed by atoms with E-state index in [0.717, 1.165) is 36.8 Å². The molecule has 0 saturated heterocycles.